The summed E-state index contributed by atoms with van der Waals surface area (Å²) >= 11 is 0. The molecule has 0 aromatic heterocycles. The summed E-state index contributed by atoms with van der Waals surface area (Å²) in [6.45, 7) is 13.8. The fourth-order valence-corrected chi connectivity index (χ4v) is 3.59. The van der Waals surface area contributed by atoms with Crippen LogP contribution in [0.25, 0.3) is 0 Å². The Labute approximate surface area is 162 Å². The third kappa shape index (κ3) is 4.42. The van der Waals surface area contributed by atoms with Crippen molar-refractivity contribution in [2.24, 2.45) is 0 Å². The average Bonchev–Trinajstić information content (AvgIpc) is 2.66. The number of carbonyl (C=O) groups excluding carboxylic acids is 1. The van der Waals surface area contributed by atoms with Crippen LogP contribution in [0.15, 0.2) is 18.2 Å². The smallest absolute Gasteiger partial charge is 0.410 e. The molecule has 0 unspecified atom stereocenters. The summed E-state index contributed by atoms with van der Waals surface area (Å²) in [6.07, 6.45) is 1.76. The van der Waals surface area contributed by atoms with Gasteiger partial charge in [0.25, 0.3) is 0 Å². The number of anilines is 2. The van der Waals surface area contributed by atoms with E-state index in [4.69, 9.17) is 9.47 Å². The number of piperazine rings is 1. The van der Waals surface area contributed by atoms with E-state index in [2.05, 4.69) is 42.3 Å². The molecule has 1 aromatic rings. The largest absolute Gasteiger partial charge is 0.483 e. The summed E-state index contributed by atoms with van der Waals surface area (Å²) in [7, 11) is 0. The molecule has 27 heavy (non-hydrogen) atoms. The molecular formula is C21H33N3O3. The Morgan fingerprint density at radius 3 is 2.44 bits per heavy atom. The van der Waals surface area contributed by atoms with E-state index in [0.717, 1.165) is 49.6 Å². The Kier molecular flexibility index (Phi) is 5.45. The van der Waals surface area contributed by atoms with Gasteiger partial charge in [0.2, 0.25) is 0 Å². The normalized spacial score (nSPS) is 19.0. The van der Waals surface area contributed by atoms with Gasteiger partial charge in [0.1, 0.15) is 17.0 Å². The fourth-order valence-electron chi connectivity index (χ4n) is 3.59. The number of amides is 1. The Morgan fingerprint density at radius 2 is 1.85 bits per heavy atom. The number of hydrogen-bond acceptors (Lipinski definition) is 5. The number of nitrogens with one attached hydrogen (secondary N) is 1. The van der Waals surface area contributed by atoms with Crippen LogP contribution in [0.5, 0.6) is 5.75 Å². The van der Waals surface area contributed by atoms with Crippen LogP contribution in [0.1, 0.15) is 47.5 Å². The first-order valence-corrected chi connectivity index (χ1v) is 10.0. The van der Waals surface area contributed by atoms with Crippen molar-refractivity contribution in [2.45, 2.75) is 58.7 Å². The zero-order valence-electron chi connectivity index (χ0n) is 17.3. The molecule has 0 aliphatic carbocycles. The van der Waals surface area contributed by atoms with Crippen LogP contribution in [-0.4, -0.2) is 54.9 Å². The van der Waals surface area contributed by atoms with Crippen LogP contribution in [0, 0.1) is 0 Å². The van der Waals surface area contributed by atoms with E-state index in [9.17, 15) is 4.79 Å². The SMILES string of the molecule is CCC1(CC)CNc2cc(N3CCN(C(=O)OC(C)(C)C)CC3)ccc2O1. The van der Waals surface area contributed by atoms with Gasteiger partial charge in [-0.05, 0) is 51.8 Å². The second-order valence-electron chi connectivity index (χ2n) is 8.48. The van der Waals surface area contributed by atoms with Gasteiger partial charge in [-0.15, -0.1) is 0 Å². The maximum atomic E-state index is 12.2. The summed E-state index contributed by atoms with van der Waals surface area (Å²) in [5.41, 5.74) is 1.66. The highest BCUT2D eigenvalue weighted by atomic mass is 16.6. The lowest BCUT2D eigenvalue weighted by atomic mass is 9.95. The summed E-state index contributed by atoms with van der Waals surface area (Å²) < 4.78 is 11.8. The van der Waals surface area contributed by atoms with E-state index in [1.807, 2.05) is 20.8 Å². The molecule has 0 radical (unpaired) electrons. The lowest BCUT2D eigenvalue weighted by molar-refractivity contribution is 0.0240. The molecule has 1 saturated heterocycles. The highest BCUT2D eigenvalue weighted by Gasteiger charge is 2.33. The van der Waals surface area contributed by atoms with Crippen LogP contribution in [0.2, 0.25) is 0 Å². The number of carbonyl (C=O) groups is 1. The predicted octanol–water partition coefficient (Wildman–Crippen LogP) is 4.11. The first-order valence-electron chi connectivity index (χ1n) is 10.0. The molecule has 150 valence electrons. The van der Waals surface area contributed by atoms with Crippen molar-refractivity contribution in [3.05, 3.63) is 18.2 Å². The van der Waals surface area contributed by atoms with Gasteiger partial charge in [-0.25, -0.2) is 4.79 Å². The minimum absolute atomic E-state index is 0.104. The number of hydrogen-bond donors (Lipinski definition) is 1. The molecule has 0 bridgehead atoms. The Morgan fingerprint density at radius 1 is 1.19 bits per heavy atom. The van der Waals surface area contributed by atoms with Crippen LogP contribution in [0.3, 0.4) is 0 Å². The van der Waals surface area contributed by atoms with Crippen LogP contribution >= 0.6 is 0 Å². The van der Waals surface area contributed by atoms with Gasteiger partial charge in [0, 0.05) is 31.9 Å². The molecule has 6 heteroatoms. The van der Waals surface area contributed by atoms with E-state index in [1.54, 1.807) is 4.90 Å². The van der Waals surface area contributed by atoms with Crippen molar-refractivity contribution in [2.75, 3.05) is 42.9 Å². The summed E-state index contributed by atoms with van der Waals surface area (Å²) in [4.78, 5) is 16.3. The standard InChI is InChI=1S/C21H33N3O3/c1-6-21(7-2)15-22-17-14-16(8-9-18(17)26-21)23-10-12-24(13-11-23)19(25)27-20(3,4)5/h8-9,14,22H,6-7,10-13,15H2,1-5H3. The van der Waals surface area contributed by atoms with Crippen molar-refractivity contribution < 1.29 is 14.3 Å². The monoisotopic (exact) mass is 375 g/mol. The predicted molar refractivity (Wildman–Crippen MR) is 109 cm³/mol. The molecule has 3 rings (SSSR count). The zero-order valence-corrected chi connectivity index (χ0v) is 17.3. The second kappa shape index (κ2) is 7.49. The molecule has 6 nitrogen and oxygen atoms in total. The lowest BCUT2D eigenvalue weighted by Gasteiger charge is -2.39. The maximum absolute atomic E-state index is 12.2. The van der Waals surface area contributed by atoms with Crippen molar-refractivity contribution in [3.63, 3.8) is 0 Å². The molecule has 0 spiro atoms. The minimum Gasteiger partial charge on any atom is -0.483 e. The highest BCUT2D eigenvalue weighted by molar-refractivity contribution is 5.70. The number of fused-ring (bicyclic) bond motifs is 1. The van der Waals surface area contributed by atoms with Gasteiger partial charge >= 0.3 is 6.09 Å². The fraction of sp³-hybridized carbons (Fsp3) is 0.667. The number of rotatable bonds is 3. The van der Waals surface area contributed by atoms with Crippen LogP contribution in [0.4, 0.5) is 16.2 Å². The number of ether oxygens (including phenoxy) is 2. The quantitative estimate of drug-likeness (QED) is 0.862. The Bertz CT molecular complexity index is 672. The number of benzene rings is 1. The van der Waals surface area contributed by atoms with Gasteiger partial charge in [0.05, 0.1) is 12.2 Å². The first-order chi connectivity index (χ1) is 12.8. The molecule has 1 amide bonds. The molecule has 2 heterocycles. The third-order valence-corrected chi connectivity index (χ3v) is 5.48. The summed E-state index contributed by atoms with van der Waals surface area (Å²) in [5.74, 6) is 0.932. The minimum atomic E-state index is -0.454. The molecule has 2 aliphatic heterocycles. The van der Waals surface area contributed by atoms with Gasteiger partial charge in [-0.3, -0.25) is 0 Å². The van der Waals surface area contributed by atoms with Crippen molar-refractivity contribution in [1.82, 2.24) is 4.90 Å². The van der Waals surface area contributed by atoms with E-state index in [-0.39, 0.29) is 11.7 Å². The molecule has 1 aromatic carbocycles. The topological polar surface area (TPSA) is 54.0 Å². The lowest BCUT2D eigenvalue weighted by Crippen LogP contribution is -2.50. The molecule has 2 aliphatic rings. The van der Waals surface area contributed by atoms with Crippen molar-refractivity contribution in [3.8, 4) is 5.75 Å². The highest BCUT2D eigenvalue weighted by Crippen LogP contribution is 2.38. The Balaban J connectivity index is 1.62. The van der Waals surface area contributed by atoms with Gasteiger partial charge in [0.15, 0.2) is 0 Å². The summed E-state index contributed by atoms with van der Waals surface area (Å²) in [6, 6.07) is 6.34. The molecule has 1 N–H and O–H groups in total. The number of nitrogens with zero attached hydrogens (tertiary/aromatic N) is 2. The van der Waals surface area contributed by atoms with E-state index < -0.39 is 5.60 Å². The molecule has 1 fully saturated rings. The van der Waals surface area contributed by atoms with Crippen molar-refractivity contribution in [1.29, 1.82) is 0 Å². The zero-order chi connectivity index (χ0) is 19.7. The maximum Gasteiger partial charge on any atom is 0.410 e. The third-order valence-electron chi connectivity index (χ3n) is 5.48. The Hall–Kier alpha value is -2.11. The average molecular weight is 376 g/mol. The van der Waals surface area contributed by atoms with Crippen LogP contribution in [-0.2, 0) is 4.74 Å². The van der Waals surface area contributed by atoms with Gasteiger partial charge in [-0.2, -0.15) is 0 Å². The van der Waals surface area contributed by atoms with Crippen LogP contribution < -0.4 is 15.0 Å². The van der Waals surface area contributed by atoms with E-state index >= 15 is 0 Å². The van der Waals surface area contributed by atoms with E-state index in [1.165, 1.54) is 0 Å². The molecule has 0 atom stereocenters. The first kappa shape index (κ1) is 19.6. The van der Waals surface area contributed by atoms with Gasteiger partial charge < -0.3 is 24.6 Å². The van der Waals surface area contributed by atoms with Crippen molar-refractivity contribution >= 4 is 17.5 Å². The van der Waals surface area contributed by atoms with E-state index in [0.29, 0.717) is 13.1 Å². The second-order valence-corrected chi connectivity index (χ2v) is 8.48. The molecular weight excluding hydrogens is 342 g/mol. The van der Waals surface area contributed by atoms with Gasteiger partial charge in [-0.1, -0.05) is 13.8 Å². The summed E-state index contributed by atoms with van der Waals surface area (Å²) in [5, 5.41) is 3.55. The molecule has 0 saturated carbocycles.